The first-order valence-electron chi connectivity index (χ1n) is 9.73. The minimum atomic E-state index is -0.862. The topological polar surface area (TPSA) is 61.2 Å². The zero-order valence-electron chi connectivity index (χ0n) is 16.7. The quantitative estimate of drug-likeness (QED) is 0.611. The largest absolute Gasteiger partial charge is 0.334 e. The minimum Gasteiger partial charge on any atom is -0.334 e. The molecule has 1 aliphatic heterocycles. The Morgan fingerprint density at radius 1 is 1.06 bits per heavy atom. The average molecular weight is 437 g/mol. The lowest BCUT2D eigenvalue weighted by Gasteiger charge is -2.15. The fourth-order valence-electron chi connectivity index (χ4n) is 3.50. The molecule has 31 heavy (non-hydrogen) atoms. The van der Waals surface area contributed by atoms with Crippen LogP contribution >= 0.6 is 11.6 Å². The van der Waals surface area contributed by atoms with E-state index in [-0.39, 0.29) is 11.5 Å². The molecular formula is C24H20ClFN3O2+. The van der Waals surface area contributed by atoms with Crippen molar-refractivity contribution in [2.45, 2.75) is 19.0 Å². The van der Waals surface area contributed by atoms with Gasteiger partial charge in [0.15, 0.2) is 6.04 Å². The monoisotopic (exact) mass is 436 g/mol. The Kier molecular flexibility index (Phi) is 5.82. The smallest absolute Gasteiger partial charge is 0.304 e. The molecule has 0 aliphatic carbocycles. The van der Waals surface area contributed by atoms with Crippen LogP contribution in [0.1, 0.15) is 33.1 Å². The van der Waals surface area contributed by atoms with E-state index in [2.05, 4.69) is 10.7 Å². The molecule has 156 valence electrons. The van der Waals surface area contributed by atoms with Crippen molar-refractivity contribution in [3.05, 3.63) is 106 Å². The normalized spacial score (nSPS) is 19.3. The summed E-state index contributed by atoms with van der Waals surface area (Å²) < 4.78 is 14.9. The van der Waals surface area contributed by atoms with Crippen LogP contribution in [0.5, 0.6) is 0 Å². The van der Waals surface area contributed by atoms with E-state index in [1.165, 1.54) is 24.3 Å². The molecule has 2 atom stereocenters. The third-order valence-electron chi connectivity index (χ3n) is 5.13. The number of rotatable bonds is 4. The van der Waals surface area contributed by atoms with Gasteiger partial charge < -0.3 is 5.32 Å². The number of halogens is 2. The predicted molar refractivity (Wildman–Crippen MR) is 117 cm³/mol. The van der Waals surface area contributed by atoms with Crippen LogP contribution in [0, 0.1) is 12.7 Å². The zero-order valence-corrected chi connectivity index (χ0v) is 17.4. The molecule has 0 saturated carbocycles. The summed E-state index contributed by atoms with van der Waals surface area (Å²) in [5.74, 6) is -1.26. The Balaban J connectivity index is 1.71. The molecule has 5 nitrogen and oxygen atoms in total. The van der Waals surface area contributed by atoms with Crippen LogP contribution in [0.3, 0.4) is 0 Å². The molecule has 1 saturated heterocycles. The van der Waals surface area contributed by atoms with Crippen LogP contribution in [0.25, 0.3) is 0 Å². The number of nitrogens with zero attached hydrogens (tertiary/aromatic N) is 1. The highest BCUT2D eigenvalue weighted by molar-refractivity contribution is 6.32. The maximum Gasteiger partial charge on any atom is 0.304 e. The number of hydrazone groups is 1. The Labute approximate surface area is 184 Å². The van der Waals surface area contributed by atoms with Gasteiger partial charge in [0.2, 0.25) is 12.3 Å². The van der Waals surface area contributed by atoms with Gasteiger partial charge in [-0.25, -0.2) is 4.39 Å². The number of hydrazine groups is 1. The van der Waals surface area contributed by atoms with Crippen LogP contribution in [0.4, 0.5) is 4.39 Å². The summed E-state index contributed by atoms with van der Waals surface area (Å²) in [6.07, 6.45) is 1.74. The third-order valence-corrected chi connectivity index (χ3v) is 5.48. The first kappa shape index (κ1) is 20.8. The molecule has 7 heteroatoms. The van der Waals surface area contributed by atoms with E-state index >= 15 is 0 Å². The molecule has 1 aliphatic rings. The first-order chi connectivity index (χ1) is 14.9. The van der Waals surface area contributed by atoms with Gasteiger partial charge in [-0.3, -0.25) is 9.59 Å². The number of benzene rings is 3. The summed E-state index contributed by atoms with van der Waals surface area (Å²) in [5, 5.41) is 3.33. The summed E-state index contributed by atoms with van der Waals surface area (Å²) in [6, 6.07) is 18.8. The van der Waals surface area contributed by atoms with Gasteiger partial charge in [-0.1, -0.05) is 53.6 Å². The molecule has 1 fully saturated rings. The van der Waals surface area contributed by atoms with Crippen molar-refractivity contribution in [3.8, 4) is 0 Å². The molecule has 0 spiro atoms. The van der Waals surface area contributed by atoms with Gasteiger partial charge >= 0.3 is 5.91 Å². The minimum absolute atomic E-state index is 0.269. The van der Waals surface area contributed by atoms with E-state index in [1.54, 1.807) is 17.0 Å². The van der Waals surface area contributed by atoms with Gasteiger partial charge in [0.1, 0.15) is 5.82 Å². The van der Waals surface area contributed by atoms with E-state index in [1.807, 2.05) is 49.4 Å². The van der Waals surface area contributed by atoms with Crippen molar-refractivity contribution in [3.63, 3.8) is 0 Å². The predicted octanol–water partition coefficient (Wildman–Crippen LogP) is 3.80. The first-order valence-corrected chi connectivity index (χ1v) is 10.1. The van der Waals surface area contributed by atoms with Crippen molar-refractivity contribution >= 4 is 29.6 Å². The Morgan fingerprint density at radius 2 is 1.74 bits per heavy atom. The van der Waals surface area contributed by atoms with Crippen molar-refractivity contribution in [2.24, 2.45) is 0 Å². The highest BCUT2D eigenvalue weighted by Crippen LogP contribution is 2.26. The third kappa shape index (κ3) is 4.49. The Hall–Kier alpha value is -3.51. The summed E-state index contributed by atoms with van der Waals surface area (Å²) in [6.45, 7) is 1.98. The molecule has 4 rings (SSSR count). The molecule has 3 aromatic rings. The van der Waals surface area contributed by atoms with Crippen molar-refractivity contribution in [1.82, 2.24) is 10.7 Å². The maximum absolute atomic E-state index is 13.2. The van der Waals surface area contributed by atoms with Crippen molar-refractivity contribution in [1.29, 1.82) is 0 Å². The van der Waals surface area contributed by atoms with E-state index in [0.717, 1.165) is 16.7 Å². The van der Waals surface area contributed by atoms with Gasteiger partial charge in [-0.15, -0.1) is 10.1 Å². The highest BCUT2D eigenvalue weighted by Gasteiger charge is 2.47. The average Bonchev–Trinajstić information content (AvgIpc) is 3.05. The second kappa shape index (κ2) is 8.70. The Bertz CT molecular complexity index is 1160. The van der Waals surface area contributed by atoms with Gasteiger partial charge in [0.25, 0.3) is 5.91 Å². The van der Waals surface area contributed by atoms with E-state index < -0.39 is 23.8 Å². The number of hydrogen-bond donors (Lipinski definition) is 2. The number of hydrogen-bond acceptors (Lipinski definition) is 2. The number of nitrogens with one attached hydrogen (secondary N) is 2. The fraction of sp³-hybridized carbons (Fsp3) is 0.125. The molecular weight excluding hydrogens is 417 g/mol. The number of carbonyl (C=O) groups excluding carboxylic acids is 2. The molecule has 3 aromatic carbocycles. The summed E-state index contributed by atoms with van der Waals surface area (Å²) in [7, 11) is 0. The molecule has 0 radical (unpaired) electrons. The molecule has 0 aromatic heterocycles. The summed E-state index contributed by atoms with van der Waals surface area (Å²) >= 11 is 6.30. The van der Waals surface area contributed by atoms with E-state index in [9.17, 15) is 14.0 Å². The fourth-order valence-corrected chi connectivity index (χ4v) is 3.68. The van der Waals surface area contributed by atoms with E-state index in [0.29, 0.717) is 5.02 Å². The van der Waals surface area contributed by atoms with Crippen LogP contribution in [-0.2, 0) is 4.79 Å². The summed E-state index contributed by atoms with van der Waals surface area (Å²) in [5.41, 5.74) is 5.73. The standard InChI is InChI=1S/C24H19ClFN3O2/c1-15-6-8-16(9-7-15)22-21(27-23(30)17-10-12-19(26)13-11-17)24(31)28-29(22)14-18-4-2-3-5-20(18)25/h2-14,21-22H,1H3,(H-,27,28,30,31)/p+1/b29-14-/t21-,22+/m1/s1. The zero-order chi connectivity index (χ0) is 22.0. The highest BCUT2D eigenvalue weighted by atomic mass is 35.5. The van der Waals surface area contributed by atoms with Crippen molar-refractivity contribution < 1.29 is 18.7 Å². The number of aryl methyl sites for hydroxylation is 1. The lowest BCUT2D eigenvalue weighted by molar-refractivity contribution is -0.596. The maximum atomic E-state index is 13.2. The number of carbonyl (C=O) groups is 2. The van der Waals surface area contributed by atoms with Crippen LogP contribution in [0.2, 0.25) is 5.02 Å². The molecule has 0 bridgehead atoms. The lowest BCUT2D eigenvalue weighted by Crippen LogP contribution is -2.42. The SMILES string of the molecule is Cc1ccc([C@H]2[C@@H](NC(=O)c3ccc(F)cc3)C(=O)N/[N+]2=C\c2ccccc2Cl)cc1. The molecule has 0 unspecified atom stereocenters. The number of amides is 2. The second-order valence-electron chi connectivity index (χ2n) is 7.35. The van der Waals surface area contributed by atoms with Gasteiger partial charge in [0.05, 0.1) is 10.6 Å². The van der Waals surface area contributed by atoms with E-state index in [4.69, 9.17) is 11.6 Å². The Morgan fingerprint density at radius 3 is 2.42 bits per heavy atom. The van der Waals surface area contributed by atoms with Crippen molar-refractivity contribution in [2.75, 3.05) is 0 Å². The molecule has 1 heterocycles. The second-order valence-corrected chi connectivity index (χ2v) is 7.75. The van der Waals surface area contributed by atoms with Crippen LogP contribution < -0.4 is 10.7 Å². The lowest BCUT2D eigenvalue weighted by atomic mass is 9.98. The van der Waals surface area contributed by atoms with Gasteiger partial charge in [-0.2, -0.15) is 0 Å². The summed E-state index contributed by atoms with van der Waals surface area (Å²) in [4.78, 5) is 25.6. The van der Waals surface area contributed by atoms with Gasteiger partial charge in [0, 0.05) is 11.1 Å². The molecule has 2 N–H and O–H groups in total. The van der Waals surface area contributed by atoms with Crippen LogP contribution in [0.15, 0.2) is 72.8 Å². The van der Waals surface area contributed by atoms with Gasteiger partial charge in [-0.05, 0) is 43.3 Å². The van der Waals surface area contributed by atoms with Crippen LogP contribution in [-0.4, -0.2) is 28.8 Å². The molecule has 2 amide bonds.